The number of anilines is 1. The quantitative estimate of drug-likeness (QED) is 0.539. The average Bonchev–Trinajstić information content (AvgIpc) is 3.52. The summed E-state index contributed by atoms with van der Waals surface area (Å²) in [6, 6.07) is 12.5. The maximum atomic E-state index is 14.6. The Hall–Kier alpha value is -3.19. The number of fused-ring (bicyclic) bond motifs is 1. The fourth-order valence-electron chi connectivity index (χ4n) is 5.57. The lowest BCUT2D eigenvalue weighted by atomic mass is 10.0. The lowest BCUT2D eigenvalue weighted by molar-refractivity contribution is -0.140. The molecule has 2 aromatic carbocycles. The average molecular weight is 477 g/mol. The molecule has 184 valence electrons. The highest BCUT2D eigenvalue weighted by molar-refractivity contribution is 6.06. The van der Waals surface area contributed by atoms with Gasteiger partial charge in [0.1, 0.15) is 11.5 Å². The van der Waals surface area contributed by atoms with Crippen LogP contribution in [0.5, 0.6) is 0 Å². The standard InChI is InChI=1S/C28H33FN4O2/c1-18-16-32(11-12-33(18)28(35)20-7-3-4-8-20)17-22-13-23(29)15-25(19(22)2)31-27(34)26-14-21-9-5-6-10-24(21)30-26/h5-6,9-10,13-15,18,20,30H,3-4,7-8,11-12,16-17H2,1-2H3,(H,31,34)/t18-/m0/s1. The van der Waals surface area contributed by atoms with E-state index < -0.39 is 0 Å². The van der Waals surface area contributed by atoms with Gasteiger partial charge in [0.25, 0.3) is 5.91 Å². The fraction of sp³-hybridized carbons (Fsp3) is 0.429. The molecule has 0 spiro atoms. The van der Waals surface area contributed by atoms with Gasteiger partial charge < -0.3 is 15.2 Å². The summed E-state index contributed by atoms with van der Waals surface area (Å²) >= 11 is 0. The van der Waals surface area contributed by atoms with Crippen LogP contribution in [-0.2, 0) is 11.3 Å². The molecule has 1 saturated carbocycles. The van der Waals surface area contributed by atoms with E-state index in [2.05, 4.69) is 22.1 Å². The molecule has 2 fully saturated rings. The van der Waals surface area contributed by atoms with Crippen molar-refractivity contribution in [3.8, 4) is 0 Å². The summed E-state index contributed by atoms with van der Waals surface area (Å²) in [5.41, 5.74) is 3.50. The van der Waals surface area contributed by atoms with E-state index in [1.54, 1.807) is 12.1 Å². The molecule has 1 aromatic heterocycles. The topological polar surface area (TPSA) is 68.4 Å². The summed E-state index contributed by atoms with van der Waals surface area (Å²) in [6.45, 7) is 6.81. The Kier molecular flexibility index (Phi) is 6.60. The van der Waals surface area contributed by atoms with Gasteiger partial charge in [-0.3, -0.25) is 14.5 Å². The van der Waals surface area contributed by atoms with Crippen molar-refractivity contribution in [3.63, 3.8) is 0 Å². The first-order valence-corrected chi connectivity index (χ1v) is 12.6. The summed E-state index contributed by atoms with van der Waals surface area (Å²) in [5, 5.41) is 3.84. The van der Waals surface area contributed by atoms with E-state index in [9.17, 15) is 14.0 Å². The number of piperazine rings is 1. The van der Waals surface area contributed by atoms with Crippen molar-refractivity contribution in [3.05, 3.63) is 65.1 Å². The number of hydrogen-bond donors (Lipinski definition) is 2. The van der Waals surface area contributed by atoms with Crippen LogP contribution in [0.3, 0.4) is 0 Å². The van der Waals surface area contributed by atoms with E-state index in [1.165, 1.54) is 6.07 Å². The number of nitrogens with zero attached hydrogens (tertiary/aromatic N) is 2. The largest absolute Gasteiger partial charge is 0.351 e. The highest BCUT2D eigenvalue weighted by atomic mass is 19.1. The summed E-state index contributed by atoms with van der Waals surface area (Å²) in [4.78, 5) is 33.2. The van der Waals surface area contributed by atoms with E-state index in [4.69, 9.17) is 0 Å². The second kappa shape index (κ2) is 9.82. The van der Waals surface area contributed by atoms with Gasteiger partial charge in [0.05, 0.1) is 0 Å². The lowest BCUT2D eigenvalue weighted by Gasteiger charge is -2.41. The minimum absolute atomic E-state index is 0.131. The zero-order valence-corrected chi connectivity index (χ0v) is 20.4. The van der Waals surface area contributed by atoms with E-state index in [0.717, 1.165) is 60.8 Å². The van der Waals surface area contributed by atoms with Crippen LogP contribution in [0.1, 0.15) is 54.2 Å². The van der Waals surface area contributed by atoms with Crippen molar-refractivity contribution < 1.29 is 14.0 Å². The maximum Gasteiger partial charge on any atom is 0.272 e. The molecule has 2 aliphatic rings. The minimum Gasteiger partial charge on any atom is -0.351 e. The monoisotopic (exact) mass is 476 g/mol. The number of H-pyrrole nitrogens is 1. The molecule has 0 unspecified atom stereocenters. The number of para-hydroxylation sites is 1. The number of benzene rings is 2. The van der Waals surface area contributed by atoms with Crippen LogP contribution in [-0.4, -0.2) is 52.3 Å². The van der Waals surface area contributed by atoms with Gasteiger partial charge in [0.15, 0.2) is 0 Å². The molecular formula is C28H33FN4O2. The Balaban J connectivity index is 1.26. The zero-order chi connectivity index (χ0) is 24.5. The van der Waals surface area contributed by atoms with E-state index >= 15 is 0 Å². The number of carbonyl (C=O) groups is 2. The van der Waals surface area contributed by atoms with Gasteiger partial charge in [-0.15, -0.1) is 0 Å². The van der Waals surface area contributed by atoms with Gasteiger partial charge >= 0.3 is 0 Å². The summed E-state index contributed by atoms with van der Waals surface area (Å²) in [5.74, 6) is -0.175. The second-order valence-corrected chi connectivity index (χ2v) is 10.1. The van der Waals surface area contributed by atoms with Gasteiger partial charge in [-0.2, -0.15) is 0 Å². The number of rotatable bonds is 5. The molecule has 2 heterocycles. The predicted molar refractivity (Wildman–Crippen MR) is 136 cm³/mol. The molecule has 5 rings (SSSR count). The molecule has 0 bridgehead atoms. The summed E-state index contributed by atoms with van der Waals surface area (Å²) < 4.78 is 14.6. The van der Waals surface area contributed by atoms with Crippen LogP contribution in [0.15, 0.2) is 42.5 Å². The predicted octanol–water partition coefficient (Wildman–Crippen LogP) is 5.09. The molecule has 3 aromatic rings. The Morgan fingerprint density at radius 2 is 1.89 bits per heavy atom. The zero-order valence-electron chi connectivity index (χ0n) is 20.4. The first kappa shape index (κ1) is 23.5. The van der Waals surface area contributed by atoms with Gasteiger partial charge in [-0.05, 0) is 62.1 Å². The van der Waals surface area contributed by atoms with Crippen molar-refractivity contribution >= 4 is 28.4 Å². The van der Waals surface area contributed by atoms with Crippen LogP contribution < -0.4 is 5.32 Å². The first-order chi connectivity index (χ1) is 16.9. The summed E-state index contributed by atoms with van der Waals surface area (Å²) in [7, 11) is 0. The highest BCUT2D eigenvalue weighted by Crippen LogP contribution is 2.29. The number of aromatic nitrogens is 1. The second-order valence-electron chi connectivity index (χ2n) is 10.1. The van der Waals surface area contributed by atoms with Crippen LogP contribution >= 0.6 is 0 Å². The van der Waals surface area contributed by atoms with E-state index in [1.807, 2.05) is 36.1 Å². The molecular weight excluding hydrogens is 443 g/mol. The third-order valence-electron chi connectivity index (χ3n) is 7.60. The minimum atomic E-state index is -0.374. The van der Waals surface area contributed by atoms with Crippen LogP contribution in [0, 0.1) is 18.7 Å². The Bertz CT molecular complexity index is 1210. The molecule has 35 heavy (non-hydrogen) atoms. The molecule has 1 atom stereocenters. The van der Waals surface area contributed by atoms with Crippen molar-refractivity contribution in [1.82, 2.24) is 14.8 Å². The van der Waals surface area contributed by atoms with Crippen molar-refractivity contribution in [2.24, 2.45) is 5.92 Å². The number of carbonyl (C=O) groups excluding carboxylic acids is 2. The number of aromatic amines is 1. The molecule has 1 aliphatic carbocycles. The highest BCUT2D eigenvalue weighted by Gasteiger charge is 2.33. The van der Waals surface area contributed by atoms with Crippen molar-refractivity contribution in [2.45, 2.75) is 52.1 Å². The normalized spacial score (nSPS) is 19.4. The Morgan fingerprint density at radius 3 is 2.63 bits per heavy atom. The van der Waals surface area contributed by atoms with E-state index in [-0.39, 0.29) is 23.7 Å². The van der Waals surface area contributed by atoms with Gasteiger partial charge in [-0.25, -0.2) is 4.39 Å². The summed E-state index contributed by atoms with van der Waals surface area (Å²) in [6.07, 6.45) is 4.34. The SMILES string of the molecule is Cc1c(CN2CCN(C(=O)C3CCCC3)[C@@H](C)C2)cc(F)cc1NC(=O)c1cc2ccccc2[nH]1. The maximum absolute atomic E-state index is 14.6. The van der Waals surface area contributed by atoms with Crippen molar-refractivity contribution in [1.29, 1.82) is 0 Å². The molecule has 7 heteroatoms. The van der Waals surface area contributed by atoms with Crippen LogP contribution in [0.4, 0.5) is 10.1 Å². The Morgan fingerprint density at radius 1 is 1.11 bits per heavy atom. The van der Waals surface area contributed by atoms with E-state index in [0.29, 0.717) is 30.4 Å². The van der Waals surface area contributed by atoms with Gasteiger partial charge in [-0.1, -0.05) is 31.0 Å². The third-order valence-corrected chi connectivity index (χ3v) is 7.60. The lowest BCUT2D eigenvalue weighted by Crippen LogP contribution is -2.54. The van der Waals surface area contributed by atoms with Gasteiger partial charge in [0, 0.05) is 54.7 Å². The first-order valence-electron chi connectivity index (χ1n) is 12.6. The van der Waals surface area contributed by atoms with Crippen molar-refractivity contribution in [2.75, 3.05) is 25.0 Å². The Labute approximate surface area is 205 Å². The molecule has 0 radical (unpaired) electrons. The van der Waals surface area contributed by atoms with Gasteiger partial charge in [0.2, 0.25) is 5.91 Å². The number of nitrogens with one attached hydrogen (secondary N) is 2. The number of hydrogen-bond acceptors (Lipinski definition) is 3. The smallest absolute Gasteiger partial charge is 0.272 e. The molecule has 2 N–H and O–H groups in total. The fourth-order valence-corrected chi connectivity index (χ4v) is 5.57. The molecule has 1 aliphatic heterocycles. The molecule has 1 saturated heterocycles. The number of amides is 2. The van der Waals surface area contributed by atoms with Crippen LogP contribution in [0.25, 0.3) is 10.9 Å². The molecule has 2 amide bonds. The molecule has 6 nitrogen and oxygen atoms in total. The van der Waals surface area contributed by atoms with Crippen LogP contribution in [0.2, 0.25) is 0 Å². The number of halogens is 1. The third kappa shape index (κ3) is 4.96.